The molecule has 150 valence electrons. The van der Waals surface area contributed by atoms with E-state index >= 15 is 0 Å². The summed E-state index contributed by atoms with van der Waals surface area (Å²) in [5.41, 5.74) is 8.13. The van der Waals surface area contributed by atoms with E-state index in [0.717, 1.165) is 29.7 Å². The number of nitrogens with one attached hydrogen (secondary N) is 2. The van der Waals surface area contributed by atoms with Gasteiger partial charge in [-0.05, 0) is 67.9 Å². The number of aryl methyl sites for hydroxylation is 4. The summed E-state index contributed by atoms with van der Waals surface area (Å²) in [6, 6.07) is 10.1. The van der Waals surface area contributed by atoms with Crippen LogP contribution in [-0.2, 0) is 24.1 Å². The van der Waals surface area contributed by atoms with Gasteiger partial charge in [-0.25, -0.2) is 0 Å². The second-order valence-electron chi connectivity index (χ2n) is 7.98. The van der Waals surface area contributed by atoms with Gasteiger partial charge in [-0.2, -0.15) is 5.10 Å². The first-order valence-corrected chi connectivity index (χ1v) is 10.4. The predicted octanol–water partition coefficient (Wildman–Crippen LogP) is 4.14. The third kappa shape index (κ3) is 4.39. The molecule has 1 aliphatic rings. The Hall–Kier alpha value is -2.95. The van der Waals surface area contributed by atoms with E-state index in [4.69, 9.17) is 0 Å². The second-order valence-corrected chi connectivity index (χ2v) is 7.98. The Balaban J connectivity index is 1.50. The van der Waals surface area contributed by atoms with E-state index in [0.29, 0.717) is 12.8 Å². The number of fused-ring (bicyclic) bond motifs is 1. The molecule has 0 saturated carbocycles. The van der Waals surface area contributed by atoms with Crippen LogP contribution < -0.4 is 5.32 Å². The quantitative estimate of drug-likeness (QED) is 0.667. The van der Waals surface area contributed by atoms with E-state index in [9.17, 15) is 4.79 Å². The number of aromatic nitrogens is 3. The standard InChI is InChI=1S/C24H28N4O/c1-16-9-10-19(17(2)14-16)24(18-6-5-13-25-15-18)26-23(29)12-11-22-20-7-3-4-8-21(20)27-28-22/h5-6,9-10,13-15,24H,3-4,7-8,11-12H2,1-2H3,(H,26,29)(H,27,28). The lowest BCUT2D eigenvalue weighted by molar-refractivity contribution is -0.121. The fourth-order valence-electron chi connectivity index (χ4n) is 4.26. The van der Waals surface area contributed by atoms with Crippen molar-refractivity contribution in [2.45, 2.75) is 58.4 Å². The smallest absolute Gasteiger partial charge is 0.221 e. The minimum absolute atomic E-state index is 0.0337. The average molecular weight is 389 g/mol. The van der Waals surface area contributed by atoms with Crippen LogP contribution in [0.15, 0.2) is 42.7 Å². The summed E-state index contributed by atoms with van der Waals surface area (Å²) in [7, 11) is 0. The zero-order chi connectivity index (χ0) is 20.2. The highest BCUT2D eigenvalue weighted by Gasteiger charge is 2.21. The lowest BCUT2D eigenvalue weighted by atomic mass is 9.93. The molecule has 0 spiro atoms. The van der Waals surface area contributed by atoms with Gasteiger partial charge in [0, 0.05) is 30.9 Å². The number of amides is 1. The number of aromatic amines is 1. The molecule has 5 heteroatoms. The summed E-state index contributed by atoms with van der Waals surface area (Å²) < 4.78 is 0. The highest BCUT2D eigenvalue weighted by Crippen LogP contribution is 2.26. The summed E-state index contributed by atoms with van der Waals surface area (Å²) >= 11 is 0. The van der Waals surface area contributed by atoms with Crippen molar-refractivity contribution in [2.75, 3.05) is 0 Å². The average Bonchev–Trinajstić information content (AvgIpc) is 3.15. The largest absolute Gasteiger partial charge is 0.345 e. The molecule has 4 rings (SSSR count). The highest BCUT2D eigenvalue weighted by atomic mass is 16.1. The molecule has 1 aromatic carbocycles. The number of carbonyl (C=O) groups excluding carboxylic acids is 1. The van der Waals surface area contributed by atoms with Gasteiger partial charge < -0.3 is 5.32 Å². The molecule has 29 heavy (non-hydrogen) atoms. The molecule has 2 aromatic heterocycles. The molecule has 5 nitrogen and oxygen atoms in total. The lowest BCUT2D eigenvalue weighted by Gasteiger charge is -2.22. The van der Waals surface area contributed by atoms with Gasteiger partial charge >= 0.3 is 0 Å². The van der Waals surface area contributed by atoms with Crippen LogP contribution in [0.5, 0.6) is 0 Å². The molecule has 1 unspecified atom stereocenters. The molecule has 0 fully saturated rings. The fraction of sp³-hybridized carbons (Fsp3) is 0.375. The van der Waals surface area contributed by atoms with Crippen molar-refractivity contribution in [2.24, 2.45) is 0 Å². The minimum Gasteiger partial charge on any atom is -0.345 e. The number of hydrogen-bond acceptors (Lipinski definition) is 3. The maximum absolute atomic E-state index is 12.9. The second kappa shape index (κ2) is 8.60. The minimum atomic E-state index is -0.204. The van der Waals surface area contributed by atoms with Crippen molar-refractivity contribution in [3.05, 3.63) is 81.9 Å². The van der Waals surface area contributed by atoms with Crippen molar-refractivity contribution in [3.63, 3.8) is 0 Å². The first-order valence-electron chi connectivity index (χ1n) is 10.4. The van der Waals surface area contributed by atoms with Crippen molar-refractivity contribution in [3.8, 4) is 0 Å². The summed E-state index contributed by atoms with van der Waals surface area (Å²) in [6.07, 6.45) is 9.26. The van der Waals surface area contributed by atoms with Gasteiger partial charge in [0.2, 0.25) is 5.91 Å². The molecular formula is C24H28N4O. The van der Waals surface area contributed by atoms with Gasteiger partial charge in [0.1, 0.15) is 0 Å². The maximum Gasteiger partial charge on any atom is 0.221 e. The highest BCUT2D eigenvalue weighted by molar-refractivity contribution is 5.77. The van der Waals surface area contributed by atoms with Crippen molar-refractivity contribution >= 4 is 5.91 Å². The number of carbonyl (C=O) groups is 1. The van der Waals surface area contributed by atoms with E-state index in [1.807, 2.05) is 18.3 Å². The number of pyridine rings is 1. The summed E-state index contributed by atoms with van der Waals surface area (Å²) in [5, 5.41) is 10.9. The van der Waals surface area contributed by atoms with Crippen LogP contribution >= 0.6 is 0 Å². The van der Waals surface area contributed by atoms with Gasteiger partial charge in [-0.1, -0.05) is 29.8 Å². The van der Waals surface area contributed by atoms with E-state index in [-0.39, 0.29) is 11.9 Å². The normalized spacial score (nSPS) is 14.3. The van der Waals surface area contributed by atoms with Crippen molar-refractivity contribution < 1.29 is 4.79 Å². The number of hydrogen-bond donors (Lipinski definition) is 2. The molecule has 0 bridgehead atoms. The van der Waals surface area contributed by atoms with Crippen LogP contribution in [0.1, 0.15) is 64.5 Å². The Kier molecular flexibility index (Phi) is 5.74. The van der Waals surface area contributed by atoms with E-state index < -0.39 is 0 Å². The topological polar surface area (TPSA) is 70.7 Å². The number of rotatable bonds is 6. The Labute approximate surface area is 172 Å². The Morgan fingerprint density at radius 2 is 2.07 bits per heavy atom. The molecule has 2 N–H and O–H groups in total. The maximum atomic E-state index is 12.9. The third-order valence-electron chi connectivity index (χ3n) is 5.79. The molecule has 1 atom stereocenters. The number of H-pyrrole nitrogens is 1. The first kappa shape index (κ1) is 19.4. The van der Waals surface area contributed by atoms with Crippen LogP contribution in [0.2, 0.25) is 0 Å². The molecule has 0 saturated heterocycles. The van der Waals surface area contributed by atoms with Crippen molar-refractivity contribution in [1.82, 2.24) is 20.5 Å². The Morgan fingerprint density at radius 1 is 1.21 bits per heavy atom. The van der Waals surface area contributed by atoms with E-state index in [2.05, 4.69) is 52.5 Å². The van der Waals surface area contributed by atoms with Gasteiger partial charge in [0.25, 0.3) is 0 Å². The molecular weight excluding hydrogens is 360 g/mol. The SMILES string of the molecule is Cc1ccc(C(NC(=O)CCc2n[nH]c3c2CCCC3)c2cccnc2)c(C)c1. The molecule has 1 aliphatic carbocycles. The molecule has 3 aromatic rings. The van der Waals surface area contributed by atoms with Crippen LogP contribution in [0.25, 0.3) is 0 Å². The molecule has 1 amide bonds. The van der Waals surface area contributed by atoms with E-state index in [1.165, 1.54) is 35.2 Å². The van der Waals surface area contributed by atoms with Crippen LogP contribution in [-0.4, -0.2) is 21.1 Å². The van der Waals surface area contributed by atoms with Crippen LogP contribution in [0, 0.1) is 13.8 Å². The molecule has 0 aliphatic heterocycles. The molecule has 2 heterocycles. The van der Waals surface area contributed by atoms with Gasteiger partial charge in [-0.3, -0.25) is 14.9 Å². The molecule has 0 radical (unpaired) electrons. The summed E-state index contributed by atoms with van der Waals surface area (Å²) in [6.45, 7) is 4.17. The van der Waals surface area contributed by atoms with Gasteiger partial charge in [0.15, 0.2) is 0 Å². The first-order chi connectivity index (χ1) is 14.1. The Morgan fingerprint density at radius 3 is 2.86 bits per heavy atom. The van der Waals surface area contributed by atoms with Crippen LogP contribution in [0.4, 0.5) is 0 Å². The summed E-state index contributed by atoms with van der Waals surface area (Å²) in [4.78, 5) is 17.1. The summed E-state index contributed by atoms with van der Waals surface area (Å²) in [5.74, 6) is 0.0337. The van der Waals surface area contributed by atoms with Crippen molar-refractivity contribution in [1.29, 1.82) is 0 Å². The van der Waals surface area contributed by atoms with Gasteiger partial charge in [-0.15, -0.1) is 0 Å². The third-order valence-corrected chi connectivity index (χ3v) is 5.79. The monoisotopic (exact) mass is 388 g/mol. The zero-order valence-corrected chi connectivity index (χ0v) is 17.2. The lowest BCUT2D eigenvalue weighted by Crippen LogP contribution is -2.30. The van der Waals surface area contributed by atoms with Gasteiger partial charge in [0.05, 0.1) is 11.7 Å². The zero-order valence-electron chi connectivity index (χ0n) is 17.2. The van der Waals surface area contributed by atoms with E-state index in [1.54, 1.807) is 6.20 Å². The predicted molar refractivity (Wildman–Crippen MR) is 114 cm³/mol. The fourth-order valence-corrected chi connectivity index (χ4v) is 4.26. The Bertz CT molecular complexity index is 993. The van der Waals surface area contributed by atoms with Crippen LogP contribution in [0.3, 0.4) is 0 Å². The number of benzene rings is 1. The number of nitrogens with zero attached hydrogens (tertiary/aromatic N) is 2.